The lowest BCUT2D eigenvalue weighted by atomic mass is 10.1. The van der Waals surface area contributed by atoms with Crippen molar-refractivity contribution in [3.63, 3.8) is 0 Å². The van der Waals surface area contributed by atoms with E-state index in [-0.39, 0.29) is 30.4 Å². The average molecular weight is 316 g/mol. The van der Waals surface area contributed by atoms with Gasteiger partial charge in [0, 0.05) is 19.4 Å². The fourth-order valence-electron chi connectivity index (χ4n) is 2.16. The fourth-order valence-corrected chi connectivity index (χ4v) is 2.16. The summed E-state index contributed by atoms with van der Waals surface area (Å²) in [7, 11) is 0. The molecule has 0 aromatic heterocycles. The van der Waals surface area contributed by atoms with E-state index in [1.165, 1.54) is 5.01 Å². The highest BCUT2D eigenvalue weighted by atomic mass is 16.2. The Morgan fingerprint density at radius 1 is 1.26 bits per heavy atom. The van der Waals surface area contributed by atoms with Crippen LogP contribution in [0.25, 0.3) is 0 Å². The maximum atomic E-state index is 12.2. The van der Waals surface area contributed by atoms with Gasteiger partial charge in [0.05, 0.1) is 5.69 Å². The van der Waals surface area contributed by atoms with Crippen LogP contribution in [0, 0.1) is 0 Å². The van der Waals surface area contributed by atoms with E-state index in [2.05, 4.69) is 15.7 Å². The maximum absolute atomic E-state index is 12.2. The van der Waals surface area contributed by atoms with Crippen LogP contribution in [0.15, 0.2) is 35.4 Å². The van der Waals surface area contributed by atoms with Crippen molar-refractivity contribution in [2.75, 3.05) is 11.6 Å². The smallest absolute Gasteiger partial charge is 0.268 e. The molecule has 0 radical (unpaired) electrons. The number of hydrogen-bond donors (Lipinski definition) is 2. The highest BCUT2D eigenvalue weighted by Gasteiger charge is 2.27. The van der Waals surface area contributed by atoms with Crippen LogP contribution in [-0.4, -0.2) is 36.0 Å². The Morgan fingerprint density at radius 3 is 2.61 bits per heavy atom. The lowest BCUT2D eigenvalue weighted by Gasteiger charge is -2.23. The van der Waals surface area contributed by atoms with Gasteiger partial charge in [-0.3, -0.25) is 14.4 Å². The van der Waals surface area contributed by atoms with E-state index >= 15 is 0 Å². The van der Waals surface area contributed by atoms with Crippen LogP contribution >= 0.6 is 0 Å². The molecule has 0 bridgehead atoms. The van der Waals surface area contributed by atoms with Crippen molar-refractivity contribution >= 4 is 29.1 Å². The van der Waals surface area contributed by atoms with Gasteiger partial charge in [-0.1, -0.05) is 18.2 Å². The van der Waals surface area contributed by atoms with Crippen molar-refractivity contribution in [1.29, 1.82) is 0 Å². The van der Waals surface area contributed by atoms with Crippen LogP contribution < -0.4 is 15.6 Å². The lowest BCUT2D eigenvalue weighted by molar-refractivity contribution is -0.126. The predicted molar refractivity (Wildman–Crippen MR) is 86.9 cm³/mol. The third kappa shape index (κ3) is 4.15. The normalized spacial score (nSPS) is 15.7. The van der Waals surface area contributed by atoms with Gasteiger partial charge >= 0.3 is 0 Å². The number of para-hydroxylation sites is 1. The summed E-state index contributed by atoms with van der Waals surface area (Å²) in [6.07, 6.45) is 0.465. The largest absolute Gasteiger partial charge is 0.355 e. The van der Waals surface area contributed by atoms with Crippen LogP contribution in [0.5, 0.6) is 0 Å². The summed E-state index contributed by atoms with van der Waals surface area (Å²) in [5, 5.41) is 10.6. The molecule has 2 rings (SSSR count). The highest BCUT2D eigenvalue weighted by Crippen LogP contribution is 2.19. The molecule has 1 aromatic rings. The minimum atomic E-state index is -0.659. The van der Waals surface area contributed by atoms with Gasteiger partial charge in [-0.05, 0) is 26.0 Å². The molecule has 0 aliphatic carbocycles. The first-order valence-electron chi connectivity index (χ1n) is 7.57. The molecule has 1 aliphatic heterocycles. The zero-order chi connectivity index (χ0) is 16.8. The third-order valence-corrected chi connectivity index (χ3v) is 3.39. The molecular weight excluding hydrogens is 296 g/mol. The predicted octanol–water partition coefficient (Wildman–Crippen LogP) is 0.810. The molecule has 0 unspecified atom stereocenters. The zero-order valence-corrected chi connectivity index (χ0v) is 13.2. The number of hydrazone groups is 1. The quantitative estimate of drug-likeness (QED) is 0.842. The Kier molecular flexibility index (Phi) is 5.46. The number of amides is 3. The molecule has 0 saturated heterocycles. The summed E-state index contributed by atoms with van der Waals surface area (Å²) in [6, 6.07) is 8.27. The molecule has 0 saturated carbocycles. The highest BCUT2D eigenvalue weighted by molar-refractivity contribution is 6.40. The van der Waals surface area contributed by atoms with E-state index in [1.807, 2.05) is 6.07 Å². The van der Waals surface area contributed by atoms with Crippen molar-refractivity contribution < 1.29 is 14.4 Å². The molecule has 7 nitrogen and oxygen atoms in total. The number of nitrogens with one attached hydrogen (secondary N) is 2. The minimum Gasteiger partial charge on any atom is -0.355 e. The molecule has 2 N–H and O–H groups in total. The third-order valence-electron chi connectivity index (χ3n) is 3.39. The topological polar surface area (TPSA) is 90.9 Å². The number of carbonyl (C=O) groups is 3. The first kappa shape index (κ1) is 16.7. The van der Waals surface area contributed by atoms with Gasteiger partial charge in [0.15, 0.2) is 0 Å². The Hall–Kier alpha value is -2.70. The van der Waals surface area contributed by atoms with E-state index < -0.39 is 11.9 Å². The van der Waals surface area contributed by atoms with Crippen LogP contribution in [0.2, 0.25) is 0 Å². The first-order chi connectivity index (χ1) is 11.0. The molecular formula is C16H20N4O3. The second kappa shape index (κ2) is 7.53. The summed E-state index contributed by atoms with van der Waals surface area (Å²) in [4.78, 5) is 35.9. The van der Waals surface area contributed by atoms with Crippen molar-refractivity contribution in [2.24, 2.45) is 5.10 Å². The molecule has 1 aliphatic rings. The summed E-state index contributed by atoms with van der Waals surface area (Å²) in [6.45, 7) is 3.91. The van der Waals surface area contributed by atoms with Crippen molar-refractivity contribution in [3.8, 4) is 0 Å². The second-order valence-corrected chi connectivity index (χ2v) is 5.18. The van der Waals surface area contributed by atoms with Gasteiger partial charge < -0.3 is 10.6 Å². The van der Waals surface area contributed by atoms with Gasteiger partial charge in [0.1, 0.15) is 11.8 Å². The number of likely N-dealkylation sites (N-methyl/N-ethyl adjacent to an activating group) is 1. The van der Waals surface area contributed by atoms with Crippen molar-refractivity contribution in [3.05, 3.63) is 30.3 Å². The number of nitrogens with zero attached hydrogens (tertiary/aromatic N) is 2. The first-order valence-corrected chi connectivity index (χ1v) is 7.57. The molecule has 0 spiro atoms. The maximum Gasteiger partial charge on any atom is 0.268 e. The molecule has 122 valence electrons. The number of hydrogen-bond acceptors (Lipinski definition) is 4. The van der Waals surface area contributed by atoms with Crippen LogP contribution in [0.4, 0.5) is 5.69 Å². The lowest BCUT2D eigenvalue weighted by Crippen LogP contribution is -2.48. The van der Waals surface area contributed by atoms with E-state index in [0.29, 0.717) is 12.2 Å². The Morgan fingerprint density at radius 2 is 1.96 bits per heavy atom. The van der Waals surface area contributed by atoms with E-state index in [1.54, 1.807) is 38.1 Å². The van der Waals surface area contributed by atoms with Crippen LogP contribution in [0.1, 0.15) is 26.7 Å². The molecule has 7 heteroatoms. The Bertz CT molecular complexity index is 627. The molecule has 1 atom stereocenters. The standard InChI is InChI=1S/C16H20N4O3/c1-3-17-15(22)11(2)18-16(23)13-9-10-14(21)20(19-13)12-7-5-4-6-8-12/h4-8,11H,3,9-10H2,1-2H3,(H,17,22)(H,18,23)/t11-/m0/s1. The second-order valence-electron chi connectivity index (χ2n) is 5.18. The van der Waals surface area contributed by atoms with Gasteiger partial charge in [0.2, 0.25) is 11.8 Å². The Balaban J connectivity index is 2.11. The number of anilines is 1. The number of benzene rings is 1. The minimum absolute atomic E-state index is 0.162. The van der Waals surface area contributed by atoms with Crippen molar-refractivity contribution in [1.82, 2.24) is 10.6 Å². The summed E-state index contributed by atoms with van der Waals surface area (Å²) < 4.78 is 0. The SMILES string of the molecule is CCNC(=O)[C@H](C)NC(=O)C1=NN(c2ccccc2)C(=O)CC1. The number of carbonyl (C=O) groups excluding carboxylic acids is 3. The molecule has 1 aromatic carbocycles. The summed E-state index contributed by atoms with van der Waals surface area (Å²) in [5.74, 6) is -0.852. The molecule has 23 heavy (non-hydrogen) atoms. The monoisotopic (exact) mass is 316 g/mol. The van der Waals surface area contributed by atoms with E-state index in [9.17, 15) is 14.4 Å². The van der Waals surface area contributed by atoms with E-state index in [4.69, 9.17) is 0 Å². The van der Waals surface area contributed by atoms with Gasteiger partial charge in [-0.25, -0.2) is 5.01 Å². The van der Waals surface area contributed by atoms with Crippen LogP contribution in [-0.2, 0) is 14.4 Å². The van der Waals surface area contributed by atoms with Crippen molar-refractivity contribution in [2.45, 2.75) is 32.7 Å². The number of rotatable bonds is 5. The van der Waals surface area contributed by atoms with Gasteiger partial charge in [-0.2, -0.15) is 5.10 Å². The summed E-state index contributed by atoms with van der Waals surface area (Å²) in [5.41, 5.74) is 0.851. The Labute approximate surface area is 134 Å². The molecule has 3 amide bonds. The fraction of sp³-hybridized carbons (Fsp3) is 0.375. The van der Waals surface area contributed by atoms with Gasteiger partial charge in [-0.15, -0.1) is 0 Å². The zero-order valence-electron chi connectivity index (χ0n) is 13.2. The molecule has 1 heterocycles. The molecule has 0 fully saturated rings. The average Bonchev–Trinajstić information content (AvgIpc) is 2.56. The summed E-state index contributed by atoms with van der Waals surface area (Å²) >= 11 is 0. The van der Waals surface area contributed by atoms with E-state index in [0.717, 1.165) is 0 Å². The van der Waals surface area contributed by atoms with Gasteiger partial charge in [0.25, 0.3) is 5.91 Å². The van der Waals surface area contributed by atoms with Crippen LogP contribution in [0.3, 0.4) is 0 Å².